The van der Waals surface area contributed by atoms with E-state index in [1.165, 1.54) is 0 Å². The van der Waals surface area contributed by atoms with Gasteiger partial charge in [0.25, 0.3) is 0 Å². The molecular weight excluding hydrogens is 358 g/mol. The van der Waals surface area contributed by atoms with Gasteiger partial charge in [0, 0.05) is 24.9 Å². The summed E-state index contributed by atoms with van der Waals surface area (Å²) in [5.74, 6) is 1.84. The lowest BCUT2D eigenvalue weighted by atomic mass is 10.1. The number of aliphatic hydroxyl groups is 1. The maximum absolute atomic E-state index is 12.5. The minimum absolute atomic E-state index is 0.0280. The van der Waals surface area contributed by atoms with E-state index in [4.69, 9.17) is 4.52 Å². The number of rotatable bonds is 9. The van der Waals surface area contributed by atoms with Crippen molar-refractivity contribution in [1.82, 2.24) is 25.0 Å². The van der Waals surface area contributed by atoms with Gasteiger partial charge in [0.15, 0.2) is 0 Å². The van der Waals surface area contributed by atoms with Gasteiger partial charge >= 0.3 is 0 Å². The van der Waals surface area contributed by atoms with Crippen LogP contribution < -0.4 is 0 Å². The van der Waals surface area contributed by atoms with E-state index in [0.29, 0.717) is 37.5 Å². The Morgan fingerprint density at radius 3 is 2.89 bits per heavy atom. The second-order valence-corrected chi connectivity index (χ2v) is 6.77. The fourth-order valence-corrected chi connectivity index (χ4v) is 2.98. The summed E-state index contributed by atoms with van der Waals surface area (Å²) in [5, 5.41) is 13.3. The van der Waals surface area contributed by atoms with E-state index < -0.39 is 0 Å². The third kappa shape index (κ3) is 5.26. The summed E-state index contributed by atoms with van der Waals surface area (Å²) in [4.78, 5) is 25.8. The molecule has 0 aliphatic rings. The number of benzene rings is 1. The average Bonchev–Trinajstić information content (AvgIpc) is 3.30. The van der Waals surface area contributed by atoms with Gasteiger partial charge in [0.2, 0.25) is 17.6 Å². The van der Waals surface area contributed by atoms with Crippen LogP contribution in [-0.4, -0.2) is 49.2 Å². The Morgan fingerprint density at radius 1 is 1.32 bits per heavy atom. The van der Waals surface area contributed by atoms with Gasteiger partial charge in [0.1, 0.15) is 5.82 Å². The number of aryl methyl sites for hydroxylation is 3. The standard InChI is InChI=1S/C20H25N5O3/c1-14-5-3-6-16(11-14)20-23-18(28-24-20)7-4-8-19(27)25(9-10-26)13-17-12-21-15(2)22-17/h3,5-6,11-12,26H,4,7-10,13H2,1-2H3,(H,21,22). The van der Waals surface area contributed by atoms with Gasteiger partial charge in [-0.3, -0.25) is 4.79 Å². The molecule has 8 nitrogen and oxygen atoms in total. The number of aliphatic hydroxyl groups excluding tert-OH is 1. The highest BCUT2D eigenvalue weighted by molar-refractivity contribution is 5.76. The number of nitrogens with one attached hydrogen (secondary N) is 1. The van der Waals surface area contributed by atoms with Crippen molar-refractivity contribution in [2.45, 2.75) is 39.7 Å². The monoisotopic (exact) mass is 383 g/mol. The molecule has 0 spiro atoms. The van der Waals surface area contributed by atoms with Crippen LogP contribution in [0.1, 0.15) is 35.8 Å². The smallest absolute Gasteiger partial charge is 0.226 e. The number of hydrogen-bond acceptors (Lipinski definition) is 6. The van der Waals surface area contributed by atoms with Gasteiger partial charge in [-0.15, -0.1) is 0 Å². The summed E-state index contributed by atoms with van der Waals surface area (Å²) in [7, 11) is 0. The molecule has 3 aromatic rings. The Balaban J connectivity index is 1.52. The van der Waals surface area contributed by atoms with E-state index in [2.05, 4.69) is 20.1 Å². The summed E-state index contributed by atoms with van der Waals surface area (Å²) >= 11 is 0. The Labute approximate surface area is 163 Å². The number of carbonyl (C=O) groups excluding carboxylic acids is 1. The van der Waals surface area contributed by atoms with Crippen molar-refractivity contribution < 1.29 is 14.4 Å². The molecule has 1 amide bonds. The molecule has 0 bridgehead atoms. The summed E-state index contributed by atoms with van der Waals surface area (Å²) in [6.07, 6.45) is 3.17. The quantitative estimate of drug-likeness (QED) is 0.587. The number of hydrogen-bond donors (Lipinski definition) is 2. The van der Waals surface area contributed by atoms with Crippen LogP contribution in [0.15, 0.2) is 35.0 Å². The zero-order chi connectivity index (χ0) is 19.9. The van der Waals surface area contributed by atoms with Crippen LogP contribution in [0, 0.1) is 13.8 Å². The molecule has 0 aliphatic heterocycles. The van der Waals surface area contributed by atoms with E-state index in [1.54, 1.807) is 11.1 Å². The third-order valence-corrected chi connectivity index (χ3v) is 4.36. The van der Waals surface area contributed by atoms with Crippen molar-refractivity contribution in [3.8, 4) is 11.4 Å². The zero-order valence-corrected chi connectivity index (χ0v) is 16.2. The molecule has 3 rings (SSSR count). The molecular formula is C20H25N5O3. The van der Waals surface area contributed by atoms with Crippen LogP contribution in [-0.2, 0) is 17.8 Å². The first kappa shape index (κ1) is 19.8. The average molecular weight is 383 g/mol. The first-order valence-electron chi connectivity index (χ1n) is 9.34. The van der Waals surface area contributed by atoms with Crippen LogP contribution in [0.25, 0.3) is 11.4 Å². The second-order valence-electron chi connectivity index (χ2n) is 6.77. The number of nitrogens with zero attached hydrogens (tertiary/aromatic N) is 4. The highest BCUT2D eigenvalue weighted by atomic mass is 16.5. The Kier molecular flexibility index (Phi) is 6.54. The molecule has 0 saturated heterocycles. The van der Waals surface area contributed by atoms with E-state index >= 15 is 0 Å². The normalized spacial score (nSPS) is 11.0. The minimum atomic E-state index is -0.0810. The van der Waals surface area contributed by atoms with Crippen LogP contribution >= 0.6 is 0 Å². The van der Waals surface area contributed by atoms with Gasteiger partial charge in [-0.05, 0) is 26.3 Å². The lowest BCUT2D eigenvalue weighted by Crippen LogP contribution is -2.33. The van der Waals surface area contributed by atoms with E-state index in [1.807, 2.05) is 38.1 Å². The molecule has 1 aromatic carbocycles. The van der Waals surface area contributed by atoms with Crippen molar-refractivity contribution in [2.24, 2.45) is 0 Å². The van der Waals surface area contributed by atoms with Crippen molar-refractivity contribution in [3.63, 3.8) is 0 Å². The predicted octanol–water partition coefficient (Wildman–Crippen LogP) is 2.42. The lowest BCUT2D eigenvalue weighted by molar-refractivity contribution is -0.132. The van der Waals surface area contributed by atoms with E-state index in [0.717, 1.165) is 22.6 Å². The number of aromatic nitrogens is 4. The van der Waals surface area contributed by atoms with Gasteiger partial charge in [-0.2, -0.15) is 4.98 Å². The SMILES string of the molecule is Cc1cccc(-c2noc(CCCC(=O)N(CCO)Cc3cnc(C)[nH]3)n2)c1. The van der Waals surface area contributed by atoms with Crippen LogP contribution in [0.5, 0.6) is 0 Å². The first-order valence-corrected chi connectivity index (χ1v) is 9.34. The van der Waals surface area contributed by atoms with Crippen molar-refractivity contribution in [1.29, 1.82) is 0 Å². The fourth-order valence-electron chi connectivity index (χ4n) is 2.98. The van der Waals surface area contributed by atoms with Crippen molar-refractivity contribution >= 4 is 5.91 Å². The molecule has 28 heavy (non-hydrogen) atoms. The van der Waals surface area contributed by atoms with Crippen molar-refractivity contribution in [2.75, 3.05) is 13.2 Å². The number of H-pyrrole nitrogens is 1. The maximum atomic E-state index is 12.5. The Bertz CT molecular complexity index is 918. The molecule has 8 heteroatoms. The first-order chi connectivity index (χ1) is 13.5. The molecule has 0 aliphatic carbocycles. The molecule has 2 heterocycles. The van der Waals surface area contributed by atoms with Crippen LogP contribution in [0.4, 0.5) is 0 Å². The summed E-state index contributed by atoms with van der Waals surface area (Å²) < 4.78 is 5.31. The predicted molar refractivity (Wildman–Crippen MR) is 103 cm³/mol. The molecule has 148 valence electrons. The number of carbonyl (C=O) groups is 1. The van der Waals surface area contributed by atoms with Crippen molar-refractivity contribution in [3.05, 3.63) is 53.4 Å². The lowest BCUT2D eigenvalue weighted by Gasteiger charge is -2.20. The third-order valence-electron chi connectivity index (χ3n) is 4.36. The molecule has 2 N–H and O–H groups in total. The number of aromatic amines is 1. The van der Waals surface area contributed by atoms with Crippen LogP contribution in [0.2, 0.25) is 0 Å². The van der Waals surface area contributed by atoms with Gasteiger partial charge in [-0.25, -0.2) is 4.98 Å². The van der Waals surface area contributed by atoms with E-state index in [-0.39, 0.29) is 19.1 Å². The van der Waals surface area contributed by atoms with Crippen LogP contribution in [0.3, 0.4) is 0 Å². The summed E-state index contributed by atoms with van der Waals surface area (Å²) in [5.41, 5.74) is 2.89. The summed E-state index contributed by atoms with van der Waals surface area (Å²) in [6.45, 7) is 4.48. The molecule has 0 fully saturated rings. The largest absolute Gasteiger partial charge is 0.395 e. The molecule has 0 saturated carbocycles. The van der Waals surface area contributed by atoms with Gasteiger partial charge in [0.05, 0.1) is 25.0 Å². The fraction of sp³-hybridized carbons (Fsp3) is 0.400. The van der Waals surface area contributed by atoms with Gasteiger partial charge in [-0.1, -0.05) is 28.9 Å². The zero-order valence-electron chi connectivity index (χ0n) is 16.2. The molecule has 0 radical (unpaired) electrons. The molecule has 0 atom stereocenters. The topological polar surface area (TPSA) is 108 Å². The molecule has 0 unspecified atom stereocenters. The maximum Gasteiger partial charge on any atom is 0.226 e. The summed E-state index contributed by atoms with van der Waals surface area (Å²) in [6, 6.07) is 7.91. The minimum Gasteiger partial charge on any atom is -0.395 e. The van der Waals surface area contributed by atoms with E-state index in [9.17, 15) is 9.90 Å². The highest BCUT2D eigenvalue weighted by Gasteiger charge is 2.15. The second kappa shape index (κ2) is 9.27. The number of imidazole rings is 1. The Morgan fingerprint density at radius 2 is 2.18 bits per heavy atom. The Hall–Kier alpha value is -3.00. The molecule has 2 aromatic heterocycles. The van der Waals surface area contributed by atoms with Gasteiger partial charge < -0.3 is 19.5 Å². The number of amides is 1. The highest BCUT2D eigenvalue weighted by Crippen LogP contribution is 2.17.